The smallest absolute Gasteiger partial charge is 0.164 e. The van der Waals surface area contributed by atoms with Crippen LogP contribution in [0.2, 0.25) is 0 Å². The summed E-state index contributed by atoms with van der Waals surface area (Å²) in [5.41, 5.74) is 3.43. The lowest BCUT2D eigenvalue weighted by Gasteiger charge is -2.17. The van der Waals surface area contributed by atoms with E-state index in [4.69, 9.17) is 4.74 Å². The first-order valence-electron chi connectivity index (χ1n) is 9.88. The minimum atomic E-state index is -1.06. The van der Waals surface area contributed by atoms with Crippen LogP contribution in [-0.4, -0.2) is 43.1 Å². The van der Waals surface area contributed by atoms with Gasteiger partial charge in [-0.1, -0.05) is 48.5 Å². The molecule has 0 saturated carbocycles. The topological polar surface area (TPSA) is 92.4 Å². The lowest BCUT2D eigenvalue weighted by molar-refractivity contribution is -0.0295. The summed E-state index contributed by atoms with van der Waals surface area (Å²) in [5.74, 6) is 0.657. The highest BCUT2D eigenvalue weighted by Crippen LogP contribution is 2.39. The van der Waals surface area contributed by atoms with Crippen LogP contribution in [0.1, 0.15) is 13.2 Å². The van der Waals surface area contributed by atoms with Gasteiger partial charge in [0, 0.05) is 17.4 Å². The number of ether oxygens (including phenoxy) is 1. The maximum atomic E-state index is 10.6. The van der Waals surface area contributed by atoms with Crippen molar-refractivity contribution in [3.8, 4) is 11.1 Å². The summed E-state index contributed by atoms with van der Waals surface area (Å²) in [5, 5.41) is 25.0. The Labute approximate surface area is 173 Å². The van der Waals surface area contributed by atoms with Crippen LogP contribution in [0, 0.1) is 0 Å². The second-order valence-corrected chi connectivity index (χ2v) is 7.44. The number of para-hydroxylation sites is 1. The minimum Gasteiger partial charge on any atom is -0.388 e. The molecule has 4 aromatic rings. The second-order valence-electron chi connectivity index (χ2n) is 7.44. The van der Waals surface area contributed by atoms with Gasteiger partial charge in [0.1, 0.15) is 30.0 Å². The standard InChI is InChI=1S/C23H22N4O3/c1-14-19(28)20(29)23(30-14)27-12-17(15-8-4-2-5-9-15)18-21(24-13-25-22(18)27)26-16-10-6-3-7-11-16/h2-14,19-20,23,28-29H,1H3,(H,24,25,26)/t14-,19+,20+,23-/m1/s1. The Kier molecular flexibility index (Phi) is 4.71. The van der Waals surface area contributed by atoms with Crippen LogP contribution < -0.4 is 5.32 Å². The van der Waals surface area contributed by atoms with Crippen molar-refractivity contribution >= 4 is 22.5 Å². The van der Waals surface area contributed by atoms with E-state index in [2.05, 4.69) is 15.3 Å². The van der Waals surface area contributed by atoms with Crippen molar-refractivity contribution in [2.24, 2.45) is 0 Å². The van der Waals surface area contributed by atoms with E-state index in [1.54, 1.807) is 11.5 Å². The molecule has 3 N–H and O–H groups in total. The van der Waals surface area contributed by atoms with Crippen LogP contribution in [0.5, 0.6) is 0 Å². The highest BCUT2D eigenvalue weighted by molar-refractivity contribution is 6.02. The first-order chi connectivity index (χ1) is 14.6. The lowest BCUT2D eigenvalue weighted by Crippen LogP contribution is -2.30. The molecule has 0 spiro atoms. The number of benzene rings is 2. The van der Waals surface area contributed by atoms with E-state index in [1.165, 1.54) is 6.33 Å². The van der Waals surface area contributed by atoms with Crippen LogP contribution in [0.4, 0.5) is 11.5 Å². The number of hydrogen-bond donors (Lipinski definition) is 3. The van der Waals surface area contributed by atoms with E-state index < -0.39 is 24.5 Å². The Hall–Kier alpha value is -3.26. The highest BCUT2D eigenvalue weighted by atomic mass is 16.6. The number of nitrogens with one attached hydrogen (secondary N) is 1. The number of aromatic nitrogens is 3. The van der Waals surface area contributed by atoms with Crippen LogP contribution in [0.15, 0.2) is 73.2 Å². The number of hydrogen-bond acceptors (Lipinski definition) is 6. The van der Waals surface area contributed by atoms with Crippen LogP contribution >= 0.6 is 0 Å². The van der Waals surface area contributed by atoms with Gasteiger partial charge in [0.2, 0.25) is 0 Å². The van der Waals surface area contributed by atoms with Crippen molar-refractivity contribution in [1.82, 2.24) is 14.5 Å². The number of anilines is 2. The van der Waals surface area contributed by atoms with Gasteiger partial charge in [-0.25, -0.2) is 9.97 Å². The van der Waals surface area contributed by atoms with E-state index in [0.29, 0.717) is 11.5 Å². The van der Waals surface area contributed by atoms with Crippen molar-refractivity contribution in [3.05, 3.63) is 73.2 Å². The third kappa shape index (κ3) is 3.13. The molecule has 0 bridgehead atoms. The first-order valence-corrected chi connectivity index (χ1v) is 9.88. The van der Waals surface area contributed by atoms with Crippen molar-refractivity contribution in [2.75, 3.05) is 5.32 Å². The van der Waals surface area contributed by atoms with Crippen LogP contribution in [0.3, 0.4) is 0 Å². The highest BCUT2D eigenvalue weighted by Gasteiger charge is 2.42. The van der Waals surface area contributed by atoms with E-state index in [0.717, 1.165) is 22.2 Å². The fraction of sp³-hybridized carbons (Fsp3) is 0.217. The third-order valence-electron chi connectivity index (χ3n) is 5.48. The Bertz CT molecular complexity index is 1160. The molecule has 0 unspecified atom stereocenters. The van der Waals surface area contributed by atoms with Crippen LogP contribution in [0.25, 0.3) is 22.2 Å². The fourth-order valence-corrected chi connectivity index (χ4v) is 3.93. The van der Waals surface area contributed by atoms with E-state index in [-0.39, 0.29) is 0 Å². The average molecular weight is 402 g/mol. The average Bonchev–Trinajstić information content (AvgIpc) is 3.29. The van der Waals surface area contributed by atoms with Gasteiger partial charge in [-0.15, -0.1) is 0 Å². The molecule has 4 atom stereocenters. The van der Waals surface area contributed by atoms with E-state index in [1.807, 2.05) is 66.9 Å². The number of fused-ring (bicyclic) bond motifs is 1. The first kappa shape index (κ1) is 18.7. The molecule has 0 aliphatic carbocycles. The largest absolute Gasteiger partial charge is 0.388 e. The third-order valence-corrected chi connectivity index (χ3v) is 5.48. The Balaban J connectivity index is 1.70. The van der Waals surface area contributed by atoms with E-state index >= 15 is 0 Å². The zero-order valence-corrected chi connectivity index (χ0v) is 16.4. The molecule has 1 saturated heterocycles. The Morgan fingerprint density at radius 3 is 2.30 bits per heavy atom. The predicted molar refractivity (Wildman–Crippen MR) is 114 cm³/mol. The van der Waals surface area contributed by atoms with Gasteiger partial charge < -0.3 is 24.8 Å². The van der Waals surface area contributed by atoms with Gasteiger partial charge >= 0.3 is 0 Å². The summed E-state index contributed by atoms with van der Waals surface area (Å²) in [6, 6.07) is 19.7. The molecule has 5 rings (SSSR count). The molecule has 30 heavy (non-hydrogen) atoms. The normalized spacial score (nSPS) is 23.7. The van der Waals surface area contributed by atoms with Crippen LogP contribution in [-0.2, 0) is 4.74 Å². The molecule has 7 nitrogen and oxygen atoms in total. The molecule has 1 aliphatic rings. The summed E-state index contributed by atoms with van der Waals surface area (Å²) in [6.45, 7) is 1.75. The number of aliphatic hydroxyl groups is 2. The SMILES string of the molecule is C[C@H]1O[C@@H](n2cc(-c3ccccc3)c3c(Nc4ccccc4)ncnc32)[C@@H](O)[C@H]1O. The summed E-state index contributed by atoms with van der Waals surface area (Å²) in [4.78, 5) is 8.99. The van der Waals surface area contributed by atoms with Crippen molar-refractivity contribution in [1.29, 1.82) is 0 Å². The van der Waals surface area contributed by atoms with Gasteiger partial charge in [-0.3, -0.25) is 0 Å². The molecule has 152 valence electrons. The number of aliphatic hydroxyl groups excluding tert-OH is 2. The molecule has 2 aromatic heterocycles. The van der Waals surface area contributed by atoms with Gasteiger partial charge in [-0.05, 0) is 24.6 Å². The molecular weight excluding hydrogens is 380 g/mol. The molecule has 2 aromatic carbocycles. The lowest BCUT2D eigenvalue weighted by atomic mass is 10.1. The summed E-state index contributed by atoms with van der Waals surface area (Å²) >= 11 is 0. The number of rotatable bonds is 4. The minimum absolute atomic E-state index is 0.480. The Morgan fingerprint density at radius 2 is 1.63 bits per heavy atom. The van der Waals surface area contributed by atoms with Gasteiger partial charge in [-0.2, -0.15) is 0 Å². The maximum absolute atomic E-state index is 10.6. The number of nitrogens with zero attached hydrogens (tertiary/aromatic N) is 3. The fourth-order valence-electron chi connectivity index (χ4n) is 3.93. The maximum Gasteiger partial charge on any atom is 0.164 e. The summed E-state index contributed by atoms with van der Waals surface area (Å²) in [6.07, 6.45) is 0.153. The Morgan fingerprint density at radius 1 is 0.933 bits per heavy atom. The zero-order chi connectivity index (χ0) is 20.7. The quantitative estimate of drug-likeness (QED) is 0.484. The molecular formula is C23H22N4O3. The van der Waals surface area contributed by atoms with Crippen molar-refractivity contribution in [2.45, 2.75) is 31.5 Å². The second kappa shape index (κ2) is 7.53. The molecule has 0 amide bonds. The predicted octanol–water partition coefficient (Wildman–Crippen LogP) is 3.48. The molecule has 3 heterocycles. The van der Waals surface area contributed by atoms with E-state index in [9.17, 15) is 10.2 Å². The zero-order valence-electron chi connectivity index (χ0n) is 16.4. The molecule has 7 heteroatoms. The molecule has 1 fully saturated rings. The summed E-state index contributed by atoms with van der Waals surface area (Å²) in [7, 11) is 0. The molecule has 1 aliphatic heterocycles. The van der Waals surface area contributed by atoms with Gasteiger partial charge in [0.25, 0.3) is 0 Å². The van der Waals surface area contributed by atoms with Crippen molar-refractivity contribution in [3.63, 3.8) is 0 Å². The van der Waals surface area contributed by atoms with Gasteiger partial charge in [0.15, 0.2) is 6.23 Å². The molecule has 0 radical (unpaired) electrons. The van der Waals surface area contributed by atoms with Crippen molar-refractivity contribution < 1.29 is 14.9 Å². The van der Waals surface area contributed by atoms with Gasteiger partial charge in [0.05, 0.1) is 11.5 Å². The monoisotopic (exact) mass is 402 g/mol. The summed E-state index contributed by atoms with van der Waals surface area (Å²) < 4.78 is 7.65.